The third-order valence-corrected chi connectivity index (χ3v) is 4.31. The summed E-state index contributed by atoms with van der Waals surface area (Å²) in [5.74, 6) is 0.0254. The normalized spacial score (nSPS) is 21.9. The molecular weight excluding hydrogens is 236 g/mol. The standard InChI is InChI=1S/C16H24N2O/c1-11-10-12(17)7-8-13(11)15(19)18-14-6-4-5-9-16(14,2)3/h7-8,10,14H,4-6,9,17H2,1-3H3,(H,18,19). The van der Waals surface area contributed by atoms with Crippen LogP contribution in [0.25, 0.3) is 0 Å². The van der Waals surface area contributed by atoms with E-state index in [2.05, 4.69) is 19.2 Å². The van der Waals surface area contributed by atoms with Gasteiger partial charge >= 0.3 is 0 Å². The third-order valence-electron chi connectivity index (χ3n) is 4.31. The van der Waals surface area contributed by atoms with Crippen molar-refractivity contribution in [3.05, 3.63) is 29.3 Å². The summed E-state index contributed by atoms with van der Waals surface area (Å²) in [6.07, 6.45) is 4.72. The van der Waals surface area contributed by atoms with E-state index in [4.69, 9.17) is 5.73 Å². The summed E-state index contributed by atoms with van der Waals surface area (Å²) in [4.78, 5) is 12.4. The zero-order valence-corrected chi connectivity index (χ0v) is 12.1. The Hall–Kier alpha value is -1.51. The fourth-order valence-electron chi connectivity index (χ4n) is 2.94. The van der Waals surface area contributed by atoms with Gasteiger partial charge in [0.15, 0.2) is 0 Å². The molecule has 2 rings (SSSR count). The van der Waals surface area contributed by atoms with Crippen molar-refractivity contribution in [1.82, 2.24) is 5.32 Å². The van der Waals surface area contributed by atoms with Crippen LogP contribution in [-0.4, -0.2) is 11.9 Å². The van der Waals surface area contributed by atoms with Crippen LogP contribution < -0.4 is 11.1 Å². The third kappa shape index (κ3) is 3.09. The van der Waals surface area contributed by atoms with Gasteiger partial charge in [-0.05, 0) is 48.9 Å². The molecule has 1 aromatic carbocycles. The highest BCUT2D eigenvalue weighted by atomic mass is 16.1. The number of nitrogens with two attached hydrogens (primary N) is 1. The van der Waals surface area contributed by atoms with Crippen molar-refractivity contribution in [3.8, 4) is 0 Å². The van der Waals surface area contributed by atoms with Crippen LogP contribution >= 0.6 is 0 Å². The Morgan fingerprint density at radius 1 is 1.37 bits per heavy atom. The van der Waals surface area contributed by atoms with Crippen LogP contribution in [0.5, 0.6) is 0 Å². The number of carbonyl (C=O) groups excluding carboxylic acids is 1. The molecule has 3 nitrogen and oxygen atoms in total. The number of nitrogens with one attached hydrogen (secondary N) is 1. The topological polar surface area (TPSA) is 55.1 Å². The molecule has 1 aromatic rings. The van der Waals surface area contributed by atoms with Gasteiger partial charge in [-0.2, -0.15) is 0 Å². The summed E-state index contributed by atoms with van der Waals surface area (Å²) in [5, 5.41) is 3.21. The van der Waals surface area contributed by atoms with Gasteiger partial charge in [0.25, 0.3) is 5.91 Å². The van der Waals surface area contributed by atoms with Gasteiger partial charge in [0.05, 0.1) is 0 Å². The van der Waals surface area contributed by atoms with Crippen molar-refractivity contribution in [2.75, 3.05) is 5.73 Å². The molecule has 1 atom stereocenters. The quantitative estimate of drug-likeness (QED) is 0.802. The van der Waals surface area contributed by atoms with Gasteiger partial charge in [0, 0.05) is 17.3 Å². The number of rotatable bonds is 2. The summed E-state index contributed by atoms with van der Waals surface area (Å²) in [6.45, 7) is 6.41. The summed E-state index contributed by atoms with van der Waals surface area (Å²) in [7, 11) is 0. The molecule has 1 amide bonds. The summed E-state index contributed by atoms with van der Waals surface area (Å²) in [6, 6.07) is 5.72. The smallest absolute Gasteiger partial charge is 0.251 e. The lowest BCUT2D eigenvalue weighted by Crippen LogP contribution is -2.46. The van der Waals surface area contributed by atoms with E-state index >= 15 is 0 Å². The molecule has 0 heterocycles. The molecule has 0 saturated heterocycles. The van der Waals surface area contributed by atoms with E-state index < -0.39 is 0 Å². The first kappa shape index (κ1) is 13.9. The number of hydrogen-bond acceptors (Lipinski definition) is 2. The van der Waals surface area contributed by atoms with Crippen molar-refractivity contribution in [2.45, 2.75) is 52.5 Å². The minimum atomic E-state index is 0.0254. The van der Waals surface area contributed by atoms with E-state index in [-0.39, 0.29) is 17.4 Å². The van der Waals surface area contributed by atoms with Gasteiger partial charge in [0.1, 0.15) is 0 Å². The maximum Gasteiger partial charge on any atom is 0.251 e. The summed E-state index contributed by atoms with van der Waals surface area (Å²) in [5.41, 5.74) is 8.28. The zero-order valence-electron chi connectivity index (χ0n) is 12.1. The molecule has 3 heteroatoms. The number of anilines is 1. The number of hydrogen-bond donors (Lipinski definition) is 2. The lowest BCUT2D eigenvalue weighted by atomic mass is 9.73. The summed E-state index contributed by atoms with van der Waals surface area (Å²) < 4.78 is 0. The zero-order chi connectivity index (χ0) is 14.0. The molecule has 1 aliphatic carbocycles. The molecule has 0 bridgehead atoms. The SMILES string of the molecule is Cc1cc(N)ccc1C(=O)NC1CCCCC1(C)C. The van der Waals surface area contributed by atoms with Crippen LogP contribution in [0.15, 0.2) is 18.2 Å². The van der Waals surface area contributed by atoms with Crippen LogP contribution in [-0.2, 0) is 0 Å². The summed E-state index contributed by atoms with van der Waals surface area (Å²) >= 11 is 0. The largest absolute Gasteiger partial charge is 0.399 e. The average Bonchev–Trinajstić information content (AvgIpc) is 2.31. The fourth-order valence-corrected chi connectivity index (χ4v) is 2.94. The van der Waals surface area contributed by atoms with Crippen molar-refractivity contribution in [2.24, 2.45) is 5.41 Å². The van der Waals surface area contributed by atoms with Gasteiger partial charge in [0.2, 0.25) is 0 Å². The van der Waals surface area contributed by atoms with E-state index in [1.807, 2.05) is 19.1 Å². The molecule has 0 aromatic heterocycles. The Bertz CT molecular complexity index is 480. The number of benzene rings is 1. The molecular formula is C16H24N2O. The van der Waals surface area contributed by atoms with Crippen molar-refractivity contribution in [1.29, 1.82) is 0 Å². The average molecular weight is 260 g/mol. The molecule has 1 unspecified atom stereocenters. The maximum absolute atomic E-state index is 12.4. The second-order valence-electron chi connectivity index (χ2n) is 6.33. The molecule has 0 aliphatic heterocycles. The van der Waals surface area contributed by atoms with E-state index in [1.165, 1.54) is 19.3 Å². The van der Waals surface area contributed by atoms with Crippen molar-refractivity contribution < 1.29 is 4.79 Å². The number of carbonyl (C=O) groups is 1. The van der Waals surface area contributed by atoms with Crippen LogP contribution in [0.1, 0.15) is 55.5 Å². The highest BCUT2D eigenvalue weighted by Gasteiger charge is 2.33. The molecule has 19 heavy (non-hydrogen) atoms. The van der Waals surface area contributed by atoms with Crippen LogP contribution in [0.3, 0.4) is 0 Å². The number of nitrogen functional groups attached to an aromatic ring is 1. The Labute approximate surface area is 115 Å². The minimum Gasteiger partial charge on any atom is -0.399 e. The van der Waals surface area contributed by atoms with E-state index in [1.54, 1.807) is 6.07 Å². The fraction of sp³-hybridized carbons (Fsp3) is 0.562. The Kier molecular flexibility index (Phi) is 3.83. The monoisotopic (exact) mass is 260 g/mol. The highest BCUT2D eigenvalue weighted by Crippen LogP contribution is 2.35. The second kappa shape index (κ2) is 5.24. The molecule has 3 N–H and O–H groups in total. The first-order valence-corrected chi connectivity index (χ1v) is 7.07. The predicted octanol–water partition coefficient (Wildman–Crippen LogP) is 3.28. The van der Waals surface area contributed by atoms with E-state index in [9.17, 15) is 4.79 Å². The lowest BCUT2D eigenvalue weighted by Gasteiger charge is -2.39. The number of amides is 1. The first-order valence-electron chi connectivity index (χ1n) is 7.07. The molecule has 0 spiro atoms. The van der Waals surface area contributed by atoms with Gasteiger partial charge in [-0.25, -0.2) is 0 Å². The van der Waals surface area contributed by atoms with Gasteiger partial charge in [-0.3, -0.25) is 4.79 Å². The van der Waals surface area contributed by atoms with Crippen molar-refractivity contribution in [3.63, 3.8) is 0 Å². The first-order chi connectivity index (χ1) is 8.90. The Morgan fingerprint density at radius 2 is 2.11 bits per heavy atom. The second-order valence-corrected chi connectivity index (χ2v) is 6.33. The maximum atomic E-state index is 12.4. The lowest BCUT2D eigenvalue weighted by molar-refractivity contribution is 0.0853. The Balaban J connectivity index is 2.12. The molecule has 0 radical (unpaired) electrons. The Morgan fingerprint density at radius 3 is 2.74 bits per heavy atom. The van der Waals surface area contributed by atoms with Gasteiger partial charge < -0.3 is 11.1 Å². The highest BCUT2D eigenvalue weighted by molar-refractivity contribution is 5.96. The molecule has 1 saturated carbocycles. The van der Waals surface area contributed by atoms with Gasteiger partial charge in [-0.15, -0.1) is 0 Å². The van der Waals surface area contributed by atoms with Crippen LogP contribution in [0, 0.1) is 12.3 Å². The van der Waals surface area contributed by atoms with E-state index in [0.717, 1.165) is 17.5 Å². The minimum absolute atomic E-state index is 0.0254. The van der Waals surface area contributed by atoms with Crippen LogP contribution in [0.2, 0.25) is 0 Å². The molecule has 104 valence electrons. The number of aryl methyl sites for hydroxylation is 1. The van der Waals surface area contributed by atoms with E-state index in [0.29, 0.717) is 5.69 Å². The predicted molar refractivity (Wildman–Crippen MR) is 79.1 cm³/mol. The van der Waals surface area contributed by atoms with Crippen molar-refractivity contribution >= 4 is 11.6 Å². The molecule has 1 aliphatic rings. The van der Waals surface area contributed by atoms with Crippen LogP contribution in [0.4, 0.5) is 5.69 Å². The molecule has 1 fully saturated rings. The van der Waals surface area contributed by atoms with Gasteiger partial charge in [-0.1, -0.05) is 26.7 Å².